The Balaban J connectivity index is 2.51. The molecule has 33 heavy (non-hydrogen) atoms. The monoisotopic (exact) mass is 532 g/mol. The number of hydrogen-bond donors (Lipinski definition) is 3. The van der Waals surface area contributed by atoms with E-state index >= 15 is 0 Å². The Kier molecular flexibility index (Phi) is 9.47. The average molecular weight is 533 g/mol. The van der Waals surface area contributed by atoms with Gasteiger partial charge in [-0.05, 0) is 12.0 Å². The Morgan fingerprint density at radius 1 is 0.939 bits per heavy atom. The van der Waals surface area contributed by atoms with Gasteiger partial charge in [0.15, 0.2) is 6.10 Å². The molecule has 1 aliphatic rings. The van der Waals surface area contributed by atoms with E-state index < -0.39 is 73.3 Å². The SMILES string of the molecule is COC(=O)[C@H]1O[C@@H](Oc2ccc(CBr)c(OC)c2)[C@H](CC(=O)O)[C@@H](CC(=O)O)[C@@H]1CC(=O)O. The summed E-state index contributed by atoms with van der Waals surface area (Å²) >= 11 is 3.33. The van der Waals surface area contributed by atoms with Crippen LogP contribution < -0.4 is 9.47 Å². The first-order valence-electron chi connectivity index (χ1n) is 9.89. The van der Waals surface area contributed by atoms with Gasteiger partial charge in [0.25, 0.3) is 0 Å². The molecule has 0 spiro atoms. The maximum atomic E-state index is 12.4. The normalized spacial score (nSPS) is 24.5. The van der Waals surface area contributed by atoms with E-state index in [-0.39, 0.29) is 5.75 Å². The molecule has 2 rings (SSSR count). The number of carboxylic acids is 3. The molecule has 12 heteroatoms. The quantitative estimate of drug-likeness (QED) is 0.282. The number of carbonyl (C=O) groups excluding carboxylic acids is 1. The molecular formula is C21H25BrO11. The van der Waals surface area contributed by atoms with Crippen LogP contribution in [0.15, 0.2) is 18.2 Å². The summed E-state index contributed by atoms with van der Waals surface area (Å²) in [5.41, 5.74) is 0.814. The van der Waals surface area contributed by atoms with Crippen molar-refractivity contribution in [3.05, 3.63) is 23.8 Å². The van der Waals surface area contributed by atoms with Crippen molar-refractivity contribution in [3.8, 4) is 11.5 Å². The van der Waals surface area contributed by atoms with Gasteiger partial charge in [0.05, 0.1) is 27.1 Å². The van der Waals surface area contributed by atoms with E-state index in [1.165, 1.54) is 7.11 Å². The van der Waals surface area contributed by atoms with Crippen LogP contribution in [-0.4, -0.2) is 65.8 Å². The third kappa shape index (κ3) is 6.81. The van der Waals surface area contributed by atoms with Crippen LogP contribution in [0.2, 0.25) is 0 Å². The molecule has 0 aliphatic carbocycles. The van der Waals surface area contributed by atoms with E-state index in [4.69, 9.17) is 18.9 Å². The Bertz CT molecular complexity index is 887. The van der Waals surface area contributed by atoms with Gasteiger partial charge in [-0.1, -0.05) is 22.0 Å². The molecule has 1 aromatic rings. The molecular weight excluding hydrogens is 508 g/mol. The molecule has 3 N–H and O–H groups in total. The van der Waals surface area contributed by atoms with Gasteiger partial charge in [-0.25, -0.2) is 4.79 Å². The minimum absolute atomic E-state index is 0.228. The van der Waals surface area contributed by atoms with Gasteiger partial charge >= 0.3 is 23.9 Å². The lowest BCUT2D eigenvalue weighted by Gasteiger charge is -2.44. The standard InChI is InChI=1S/C21H25BrO11/c1-30-15-5-11(4-3-10(15)9-22)32-21-14(8-18(27)28)12(6-16(23)24)13(7-17(25)26)19(33-21)20(29)31-2/h3-5,12-14,19,21H,6-9H2,1-2H3,(H,23,24)(H,25,26)(H,27,28)/t12-,13-,14+,19-,21+/m0/s1. The zero-order chi connectivity index (χ0) is 24.7. The zero-order valence-corrected chi connectivity index (χ0v) is 19.5. The summed E-state index contributed by atoms with van der Waals surface area (Å²) in [5, 5.41) is 28.7. The maximum Gasteiger partial charge on any atom is 0.335 e. The molecule has 0 radical (unpaired) electrons. The van der Waals surface area contributed by atoms with Crippen molar-refractivity contribution in [2.45, 2.75) is 37.0 Å². The van der Waals surface area contributed by atoms with Crippen LogP contribution in [0.4, 0.5) is 0 Å². The third-order valence-electron chi connectivity index (χ3n) is 5.44. The van der Waals surface area contributed by atoms with E-state index in [0.29, 0.717) is 11.1 Å². The summed E-state index contributed by atoms with van der Waals surface area (Å²) < 4.78 is 21.7. The lowest BCUT2D eigenvalue weighted by atomic mass is 9.71. The van der Waals surface area contributed by atoms with Crippen LogP contribution in [0.5, 0.6) is 11.5 Å². The minimum atomic E-state index is -1.46. The van der Waals surface area contributed by atoms with Crippen molar-refractivity contribution in [2.24, 2.45) is 17.8 Å². The Morgan fingerprint density at radius 2 is 1.52 bits per heavy atom. The highest BCUT2D eigenvalue weighted by Gasteiger charge is 2.51. The fourth-order valence-electron chi connectivity index (χ4n) is 4.01. The zero-order valence-electron chi connectivity index (χ0n) is 17.9. The van der Waals surface area contributed by atoms with E-state index in [0.717, 1.165) is 12.7 Å². The number of benzene rings is 1. The maximum absolute atomic E-state index is 12.4. The number of alkyl halides is 1. The topological polar surface area (TPSA) is 166 Å². The summed E-state index contributed by atoms with van der Waals surface area (Å²) in [6.07, 6.45) is -4.59. The van der Waals surface area contributed by atoms with Crippen LogP contribution in [0.25, 0.3) is 0 Å². The molecule has 0 unspecified atom stereocenters. The third-order valence-corrected chi connectivity index (χ3v) is 6.04. The fourth-order valence-corrected chi connectivity index (χ4v) is 4.47. The molecule has 11 nitrogen and oxygen atoms in total. The molecule has 1 aliphatic heterocycles. The van der Waals surface area contributed by atoms with Crippen LogP contribution >= 0.6 is 15.9 Å². The number of esters is 1. The molecule has 0 amide bonds. The molecule has 1 aromatic carbocycles. The summed E-state index contributed by atoms with van der Waals surface area (Å²) in [5.74, 6) is -7.30. The van der Waals surface area contributed by atoms with E-state index in [9.17, 15) is 34.5 Å². The number of ether oxygens (including phenoxy) is 4. The molecule has 5 atom stereocenters. The Labute approximate surface area is 197 Å². The van der Waals surface area contributed by atoms with Crippen LogP contribution in [0.3, 0.4) is 0 Å². The lowest BCUT2D eigenvalue weighted by molar-refractivity contribution is -0.233. The van der Waals surface area contributed by atoms with Crippen LogP contribution in [0, 0.1) is 17.8 Å². The summed E-state index contributed by atoms with van der Waals surface area (Å²) in [4.78, 5) is 47.1. The van der Waals surface area contributed by atoms with Gasteiger partial charge in [0, 0.05) is 35.2 Å². The molecule has 0 bridgehead atoms. The second-order valence-electron chi connectivity index (χ2n) is 7.46. The highest BCUT2D eigenvalue weighted by atomic mass is 79.9. The van der Waals surface area contributed by atoms with Crippen LogP contribution in [-0.2, 0) is 34.0 Å². The largest absolute Gasteiger partial charge is 0.496 e. The summed E-state index contributed by atoms with van der Waals surface area (Å²) in [6, 6.07) is 4.83. The van der Waals surface area contributed by atoms with Crippen molar-refractivity contribution in [3.63, 3.8) is 0 Å². The van der Waals surface area contributed by atoms with Gasteiger partial charge in [-0.3, -0.25) is 14.4 Å². The van der Waals surface area contributed by atoms with Crippen molar-refractivity contribution < 1.29 is 53.4 Å². The van der Waals surface area contributed by atoms with Crippen molar-refractivity contribution >= 4 is 39.8 Å². The predicted molar refractivity (Wildman–Crippen MR) is 114 cm³/mol. The van der Waals surface area contributed by atoms with Gasteiger partial charge in [-0.2, -0.15) is 0 Å². The Hall–Kier alpha value is -2.86. The predicted octanol–water partition coefficient (Wildman–Crippen LogP) is 2.14. The first kappa shape index (κ1) is 26.4. The molecule has 1 heterocycles. The number of carboxylic acid groups (broad SMARTS) is 3. The molecule has 0 saturated carbocycles. The molecule has 1 saturated heterocycles. The van der Waals surface area contributed by atoms with Crippen LogP contribution in [0.1, 0.15) is 24.8 Å². The first-order valence-corrected chi connectivity index (χ1v) is 11.0. The molecule has 0 aromatic heterocycles. The van der Waals surface area contributed by atoms with Gasteiger partial charge in [0.1, 0.15) is 11.5 Å². The highest BCUT2D eigenvalue weighted by molar-refractivity contribution is 9.08. The first-order chi connectivity index (χ1) is 15.6. The second kappa shape index (κ2) is 11.8. The smallest absolute Gasteiger partial charge is 0.335 e. The second-order valence-corrected chi connectivity index (χ2v) is 8.02. The van der Waals surface area contributed by atoms with E-state index in [2.05, 4.69) is 15.9 Å². The molecule has 1 fully saturated rings. The van der Waals surface area contributed by atoms with Crippen molar-refractivity contribution in [2.75, 3.05) is 14.2 Å². The Morgan fingerprint density at radius 3 is 2.03 bits per heavy atom. The summed E-state index contributed by atoms with van der Waals surface area (Å²) in [6.45, 7) is 0. The van der Waals surface area contributed by atoms with Gasteiger partial charge < -0.3 is 34.3 Å². The van der Waals surface area contributed by atoms with E-state index in [1.54, 1.807) is 18.2 Å². The highest BCUT2D eigenvalue weighted by Crippen LogP contribution is 2.43. The van der Waals surface area contributed by atoms with Gasteiger partial charge in [-0.15, -0.1) is 0 Å². The lowest BCUT2D eigenvalue weighted by Crippen LogP contribution is -2.54. The van der Waals surface area contributed by atoms with Gasteiger partial charge in [0.2, 0.25) is 6.29 Å². The van der Waals surface area contributed by atoms with E-state index in [1.807, 2.05) is 0 Å². The number of rotatable bonds is 11. The number of carbonyl (C=O) groups is 4. The number of methoxy groups -OCH3 is 2. The number of hydrogen-bond acceptors (Lipinski definition) is 8. The number of aliphatic carboxylic acids is 3. The number of halogens is 1. The van der Waals surface area contributed by atoms with Crippen molar-refractivity contribution in [1.82, 2.24) is 0 Å². The average Bonchev–Trinajstić information content (AvgIpc) is 2.75. The fraction of sp³-hybridized carbons (Fsp3) is 0.524. The molecule has 182 valence electrons. The summed E-state index contributed by atoms with van der Waals surface area (Å²) in [7, 11) is 2.54. The van der Waals surface area contributed by atoms with Crippen molar-refractivity contribution in [1.29, 1.82) is 0 Å². The minimum Gasteiger partial charge on any atom is -0.496 e.